The van der Waals surface area contributed by atoms with Crippen LogP contribution in [0.25, 0.3) is 5.65 Å². The molecule has 1 amide bonds. The highest BCUT2D eigenvalue weighted by atomic mass is 19.4. The van der Waals surface area contributed by atoms with Crippen LogP contribution in [0.1, 0.15) is 40.4 Å². The Labute approximate surface area is 238 Å². The topological polar surface area (TPSA) is 69.0 Å². The summed E-state index contributed by atoms with van der Waals surface area (Å²) in [6.45, 7) is 2.73. The maximum absolute atomic E-state index is 14.6. The molecule has 2 aliphatic heterocycles. The second-order valence-corrected chi connectivity index (χ2v) is 10.6. The van der Waals surface area contributed by atoms with Crippen molar-refractivity contribution in [2.24, 2.45) is 0 Å². The summed E-state index contributed by atoms with van der Waals surface area (Å²) < 4.78 is 72.1. The molecule has 220 valence electrons. The van der Waals surface area contributed by atoms with Gasteiger partial charge in [-0.2, -0.15) is 18.3 Å². The third-order valence-electron chi connectivity index (χ3n) is 7.87. The minimum Gasteiger partial charge on any atom is -0.368 e. The number of rotatable bonds is 5. The van der Waals surface area contributed by atoms with E-state index in [2.05, 4.69) is 15.4 Å². The van der Waals surface area contributed by atoms with Gasteiger partial charge in [-0.3, -0.25) is 4.79 Å². The summed E-state index contributed by atoms with van der Waals surface area (Å²) in [6.07, 6.45) is -0.328. The van der Waals surface area contributed by atoms with Gasteiger partial charge in [0.2, 0.25) is 0 Å². The van der Waals surface area contributed by atoms with E-state index in [0.717, 1.165) is 24.6 Å². The lowest BCUT2D eigenvalue weighted by Crippen LogP contribution is -2.45. The third kappa shape index (κ3) is 5.36. The number of carbonyl (C=O) groups is 1. The first-order valence-corrected chi connectivity index (χ1v) is 13.6. The monoisotopic (exact) mass is 585 g/mol. The summed E-state index contributed by atoms with van der Waals surface area (Å²) >= 11 is 0. The molecule has 2 saturated heterocycles. The van der Waals surface area contributed by atoms with Gasteiger partial charge in [-0.15, -0.1) is 0 Å². The van der Waals surface area contributed by atoms with Crippen LogP contribution in [0, 0.1) is 11.6 Å². The fraction of sp³-hybridized carbons (Fsp3) is 0.345. The van der Waals surface area contributed by atoms with Crippen molar-refractivity contribution >= 4 is 28.7 Å². The van der Waals surface area contributed by atoms with E-state index >= 15 is 0 Å². The Morgan fingerprint density at radius 1 is 1.00 bits per heavy atom. The van der Waals surface area contributed by atoms with Gasteiger partial charge in [0, 0.05) is 55.7 Å². The van der Waals surface area contributed by atoms with Gasteiger partial charge >= 0.3 is 6.18 Å². The quantitative estimate of drug-likeness (QED) is 0.318. The van der Waals surface area contributed by atoms with E-state index in [1.807, 2.05) is 16.8 Å². The van der Waals surface area contributed by atoms with E-state index in [-0.39, 0.29) is 28.1 Å². The van der Waals surface area contributed by atoms with Crippen molar-refractivity contribution < 1.29 is 26.7 Å². The molecule has 0 bridgehead atoms. The molecule has 2 aromatic heterocycles. The smallest absolute Gasteiger partial charge is 0.368 e. The van der Waals surface area contributed by atoms with Crippen LogP contribution in [-0.2, 0) is 6.18 Å². The molecule has 8 nitrogen and oxygen atoms in total. The molecule has 1 atom stereocenters. The van der Waals surface area contributed by atoms with Gasteiger partial charge in [-0.05, 0) is 62.4 Å². The maximum Gasteiger partial charge on any atom is 0.418 e. The SMILES string of the molecule is CN1CCN(c2ccc(C(=O)Nc3cnn4ccc(N5CCCC5c5cc(F)ccc5F)nc34)cc2C(F)(F)F)CC1. The van der Waals surface area contributed by atoms with Crippen molar-refractivity contribution in [3.05, 3.63) is 83.2 Å². The zero-order valence-corrected chi connectivity index (χ0v) is 22.7. The standard InChI is InChI=1S/C29H28F5N7O/c1-38-11-13-39(14-12-38)25-7-4-18(15-21(25)29(32,33)34)28(42)36-23-17-35-41-10-8-26(37-27(23)41)40-9-2-3-24(40)20-16-19(30)5-6-22(20)31/h4-8,10,15-17,24H,2-3,9,11-14H2,1H3,(H,36,42). The molecule has 2 aromatic carbocycles. The average molecular weight is 586 g/mol. The first-order chi connectivity index (χ1) is 20.1. The van der Waals surface area contributed by atoms with Gasteiger partial charge in [0.15, 0.2) is 5.65 Å². The van der Waals surface area contributed by atoms with Crippen molar-refractivity contribution in [1.82, 2.24) is 19.5 Å². The Hall–Kier alpha value is -4.26. The van der Waals surface area contributed by atoms with Crippen molar-refractivity contribution in [2.45, 2.75) is 25.1 Å². The highest BCUT2D eigenvalue weighted by Crippen LogP contribution is 2.39. The fourth-order valence-corrected chi connectivity index (χ4v) is 5.66. The normalized spacial score (nSPS) is 18.2. The third-order valence-corrected chi connectivity index (χ3v) is 7.87. The molecule has 0 saturated carbocycles. The molecule has 1 N–H and O–H groups in total. The minimum atomic E-state index is -4.65. The number of aromatic nitrogens is 3. The van der Waals surface area contributed by atoms with E-state index < -0.39 is 35.3 Å². The summed E-state index contributed by atoms with van der Waals surface area (Å²) in [5, 5.41) is 6.84. The molecule has 2 aliphatic rings. The van der Waals surface area contributed by atoms with Crippen LogP contribution < -0.4 is 15.1 Å². The number of benzene rings is 2. The highest BCUT2D eigenvalue weighted by molar-refractivity contribution is 6.06. The van der Waals surface area contributed by atoms with Gasteiger partial charge in [0.25, 0.3) is 5.91 Å². The minimum absolute atomic E-state index is 0.0457. The number of fused-ring (bicyclic) bond motifs is 1. The van der Waals surface area contributed by atoms with Crippen molar-refractivity contribution in [3.63, 3.8) is 0 Å². The first-order valence-electron chi connectivity index (χ1n) is 13.6. The number of nitrogens with one attached hydrogen (secondary N) is 1. The number of carbonyl (C=O) groups excluding carboxylic acids is 1. The molecular formula is C29H28F5N7O. The van der Waals surface area contributed by atoms with E-state index in [0.29, 0.717) is 45.0 Å². The van der Waals surface area contributed by atoms with Crippen molar-refractivity contribution in [3.8, 4) is 0 Å². The van der Waals surface area contributed by atoms with Gasteiger partial charge in [-0.1, -0.05) is 0 Å². The molecule has 13 heteroatoms. The van der Waals surface area contributed by atoms with E-state index in [4.69, 9.17) is 0 Å². The number of likely N-dealkylation sites (N-methyl/N-ethyl adjacent to an activating group) is 1. The Bertz CT molecular complexity index is 1630. The second kappa shape index (κ2) is 10.9. The predicted octanol–water partition coefficient (Wildman–Crippen LogP) is 5.37. The molecule has 0 aliphatic carbocycles. The van der Waals surface area contributed by atoms with Gasteiger partial charge in [0.05, 0.1) is 17.8 Å². The van der Waals surface area contributed by atoms with Crippen LogP contribution in [0.4, 0.5) is 39.1 Å². The number of piperazine rings is 1. The first kappa shape index (κ1) is 27.9. The summed E-state index contributed by atoms with van der Waals surface area (Å²) in [7, 11) is 1.92. The van der Waals surface area contributed by atoms with E-state index in [9.17, 15) is 26.7 Å². The highest BCUT2D eigenvalue weighted by Gasteiger charge is 2.36. The summed E-state index contributed by atoms with van der Waals surface area (Å²) in [5.41, 5.74) is -0.287. The Balaban J connectivity index is 1.27. The van der Waals surface area contributed by atoms with Crippen LogP contribution >= 0.6 is 0 Å². The zero-order valence-electron chi connectivity index (χ0n) is 22.7. The Morgan fingerprint density at radius 2 is 1.79 bits per heavy atom. The number of nitrogens with zero attached hydrogens (tertiary/aromatic N) is 6. The van der Waals surface area contributed by atoms with E-state index in [1.165, 1.54) is 28.9 Å². The fourth-order valence-electron chi connectivity index (χ4n) is 5.66. The Morgan fingerprint density at radius 3 is 2.55 bits per heavy atom. The number of hydrogen-bond acceptors (Lipinski definition) is 6. The van der Waals surface area contributed by atoms with Crippen LogP contribution in [0.5, 0.6) is 0 Å². The van der Waals surface area contributed by atoms with Gasteiger partial charge in [-0.25, -0.2) is 18.3 Å². The number of hydrogen-bond donors (Lipinski definition) is 1. The van der Waals surface area contributed by atoms with Crippen LogP contribution in [0.2, 0.25) is 0 Å². The summed E-state index contributed by atoms with van der Waals surface area (Å²) in [4.78, 5) is 23.4. The summed E-state index contributed by atoms with van der Waals surface area (Å²) in [5.74, 6) is -1.31. The van der Waals surface area contributed by atoms with E-state index in [1.54, 1.807) is 17.2 Å². The maximum atomic E-state index is 14.6. The molecule has 0 spiro atoms. The summed E-state index contributed by atoms with van der Waals surface area (Å²) in [6, 6.07) is 8.21. The lowest BCUT2D eigenvalue weighted by molar-refractivity contribution is -0.137. The van der Waals surface area contributed by atoms with Crippen LogP contribution in [0.15, 0.2) is 54.9 Å². The number of alkyl halides is 3. The largest absolute Gasteiger partial charge is 0.418 e. The van der Waals surface area contributed by atoms with Crippen LogP contribution in [-0.4, -0.2) is 65.2 Å². The van der Waals surface area contributed by atoms with Crippen LogP contribution in [0.3, 0.4) is 0 Å². The second-order valence-electron chi connectivity index (χ2n) is 10.6. The Kier molecular flexibility index (Phi) is 7.21. The van der Waals surface area contributed by atoms with Gasteiger partial charge < -0.3 is 20.0 Å². The molecule has 0 radical (unpaired) electrons. The molecule has 4 heterocycles. The molecule has 6 rings (SSSR count). The molecule has 42 heavy (non-hydrogen) atoms. The average Bonchev–Trinajstić information content (AvgIpc) is 3.61. The molecular weight excluding hydrogens is 557 g/mol. The lowest BCUT2D eigenvalue weighted by atomic mass is 10.0. The number of amides is 1. The molecule has 1 unspecified atom stereocenters. The lowest BCUT2D eigenvalue weighted by Gasteiger charge is -2.35. The molecule has 4 aromatic rings. The number of halogens is 5. The predicted molar refractivity (Wildman–Crippen MR) is 148 cm³/mol. The zero-order chi connectivity index (χ0) is 29.6. The molecule has 2 fully saturated rings. The van der Waals surface area contributed by atoms with Crippen molar-refractivity contribution in [2.75, 3.05) is 54.9 Å². The van der Waals surface area contributed by atoms with Crippen molar-refractivity contribution in [1.29, 1.82) is 0 Å². The van der Waals surface area contributed by atoms with Gasteiger partial charge in [0.1, 0.15) is 23.1 Å². The number of anilines is 3.